The normalized spacial score (nSPS) is 21.9. The number of hydrogen-bond donors (Lipinski definition) is 1. The van der Waals surface area contributed by atoms with Crippen LogP contribution in [0.15, 0.2) is 18.3 Å². The average Bonchev–Trinajstić information content (AvgIpc) is 2.39. The fourth-order valence-corrected chi connectivity index (χ4v) is 1.77. The van der Waals surface area contributed by atoms with Gasteiger partial charge in [0.2, 0.25) is 0 Å². The van der Waals surface area contributed by atoms with Crippen LogP contribution < -0.4 is 4.90 Å². The van der Waals surface area contributed by atoms with E-state index in [-0.39, 0.29) is 6.10 Å². The van der Waals surface area contributed by atoms with Crippen molar-refractivity contribution in [3.05, 3.63) is 23.9 Å². The highest BCUT2D eigenvalue weighted by molar-refractivity contribution is 5.40. The van der Waals surface area contributed by atoms with Crippen molar-refractivity contribution < 1.29 is 9.84 Å². The van der Waals surface area contributed by atoms with Gasteiger partial charge >= 0.3 is 0 Å². The van der Waals surface area contributed by atoms with Gasteiger partial charge in [-0.1, -0.05) is 6.07 Å². The lowest BCUT2D eigenvalue weighted by molar-refractivity contribution is 0.0761. The molecule has 0 spiro atoms. The summed E-state index contributed by atoms with van der Waals surface area (Å²) in [7, 11) is 0. The maximum absolute atomic E-state index is 9.39. The van der Waals surface area contributed by atoms with E-state index in [1.807, 2.05) is 17.0 Å². The number of morpholine rings is 1. The molecule has 90 valence electrons. The summed E-state index contributed by atoms with van der Waals surface area (Å²) in [5.74, 6) is 0.818. The topological polar surface area (TPSA) is 69.4 Å². The van der Waals surface area contributed by atoms with Crippen LogP contribution in [0.1, 0.15) is 18.6 Å². The molecule has 2 unspecified atom stereocenters. The lowest BCUT2D eigenvalue weighted by atomic mass is 10.2. The zero-order valence-corrected chi connectivity index (χ0v) is 9.71. The fourth-order valence-electron chi connectivity index (χ4n) is 1.77. The molecule has 1 aliphatic heterocycles. The third kappa shape index (κ3) is 2.73. The molecule has 1 aromatic heterocycles. The third-order valence-electron chi connectivity index (χ3n) is 2.79. The zero-order chi connectivity index (χ0) is 12.3. The Morgan fingerprint density at radius 3 is 3.06 bits per heavy atom. The molecule has 0 aliphatic carbocycles. The molecule has 5 heteroatoms. The number of nitriles is 1. The predicted octanol–water partition coefficient (Wildman–Crippen LogP) is 0.864. The Bertz CT molecular complexity index is 411. The van der Waals surface area contributed by atoms with E-state index in [1.54, 1.807) is 13.1 Å². The minimum Gasteiger partial charge on any atom is -0.389 e. The van der Waals surface area contributed by atoms with Crippen LogP contribution in [0.2, 0.25) is 0 Å². The van der Waals surface area contributed by atoms with Crippen LogP contribution in [0.25, 0.3) is 0 Å². The number of rotatable bonds is 2. The van der Waals surface area contributed by atoms with Crippen LogP contribution in [0.5, 0.6) is 0 Å². The summed E-state index contributed by atoms with van der Waals surface area (Å²) in [6, 6.07) is 5.82. The molecule has 17 heavy (non-hydrogen) atoms. The van der Waals surface area contributed by atoms with Gasteiger partial charge in [-0.15, -0.1) is 0 Å². The number of aliphatic hydroxyl groups is 1. The first kappa shape index (κ1) is 11.8. The fraction of sp³-hybridized carbons (Fsp3) is 0.500. The number of hydrogen-bond acceptors (Lipinski definition) is 5. The number of aliphatic hydroxyl groups excluding tert-OH is 1. The van der Waals surface area contributed by atoms with Crippen LogP contribution >= 0.6 is 0 Å². The first-order valence-electron chi connectivity index (χ1n) is 5.61. The van der Waals surface area contributed by atoms with Crippen molar-refractivity contribution in [2.24, 2.45) is 0 Å². The van der Waals surface area contributed by atoms with Crippen molar-refractivity contribution in [1.82, 2.24) is 4.98 Å². The molecule has 0 saturated carbocycles. The van der Waals surface area contributed by atoms with Crippen molar-refractivity contribution in [2.75, 3.05) is 24.6 Å². The summed E-state index contributed by atoms with van der Waals surface area (Å²) < 4.78 is 5.27. The third-order valence-corrected chi connectivity index (χ3v) is 2.79. The summed E-state index contributed by atoms with van der Waals surface area (Å²) in [5, 5.41) is 18.2. The quantitative estimate of drug-likeness (QED) is 0.820. The van der Waals surface area contributed by atoms with E-state index in [1.165, 1.54) is 0 Å². The minimum absolute atomic E-state index is 0.387. The summed E-state index contributed by atoms with van der Waals surface area (Å²) >= 11 is 0. The summed E-state index contributed by atoms with van der Waals surface area (Å²) in [4.78, 5) is 6.31. The number of aromatic nitrogens is 1. The average molecular weight is 233 g/mol. The van der Waals surface area contributed by atoms with Gasteiger partial charge in [-0.05, 0) is 18.6 Å². The van der Waals surface area contributed by atoms with Gasteiger partial charge < -0.3 is 14.7 Å². The Morgan fingerprint density at radius 2 is 2.47 bits per heavy atom. The second-order valence-corrected chi connectivity index (χ2v) is 4.06. The van der Waals surface area contributed by atoms with Crippen LogP contribution in [-0.2, 0) is 4.74 Å². The van der Waals surface area contributed by atoms with Gasteiger partial charge in [0.05, 0.1) is 25.3 Å². The summed E-state index contributed by atoms with van der Waals surface area (Å²) in [6.07, 6.45) is 0.770. The Hall–Kier alpha value is -1.64. The number of anilines is 1. The van der Waals surface area contributed by atoms with Gasteiger partial charge in [-0.2, -0.15) is 5.26 Å². The molecule has 0 amide bonds. The Labute approximate surface area is 100 Å². The molecule has 2 atom stereocenters. The molecule has 1 aliphatic rings. The van der Waals surface area contributed by atoms with Gasteiger partial charge in [0, 0.05) is 12.7 Å². The maximum atomic E-state index is 9.39. The highest BCUT2D eigenvalue weighted by Crippen LogP contribution is 2.17. The maximum Gasteiger partial charge on any atom is 0.161 e. The van der Waals surface area contributed by atoms with E-state index in [0.717, 1.165) is 17.9 Å². The molecule has 2 rings (SSSR count). The van der Waals surface area contributed by atoms with Gasteiger partial charge in [-0.25, -0.2) is 4.98 Å². The van der Waals surface area contributed by atoms with Crippen LogP contribution in [0.3, 0.4) is 0 Å². The molecule has 0 radical (unpaired) electrons. The first-order valence-corrected chi connectivity index (χ1v) is 5.61. The van der Waals surface area contributed by atoms with Gasteiger partial charge in [0.15, 0.2) is 6.10 Å². The zero-order valence-electron chi connectivity index (χ0n) is 9.71. The summed E-state index contributed by atoms with van der Waals surface area (Å²) in [6.45, 7) is 3.52. The largest absolute Gasteiger partial charge is 0.389 e. The Balaban J connectivity index is 2.09. The monoisotopic (exact) mass is 233 g/mol. The van der Waals surface area contributed by atoms with Crippen molar-refractivity contribution in [3.8, 4) is 6.07 Å². The van der Waals surface area contributed by atoms with E-state index < -0.39 is 6.10 Å². The lowest BCUT2D eigenvalue weighted by Crippen LogP contribution is -2.42. The van der Waals surface area contributed by atoms with Crippen LogP contribution in [0.4, 0.5) is 5.82 Å². The van der Waals surface area contributed by atoms with Crippen molar-refractivity contribution in [1.29, 1.82) is 5.26 Å². The van der Waals surface area contributed by atoms with Crippen molar-refractivity contribution in [2.45, 2.75) is 19.1 Å². The molecule has 5 nitrogen and oxygen atoms in total. The lowest BCUT2D eigenvalue weighted by Gasteiger charge is -2.30. The predicted molar refractivity (Wildman–Crippen MR) is 62.4 cm³/mol. The highest BCUT2D eigenvalue weighted by Gasteiger charge is 2.20. The molecule has 1 aromatic rings. The van der Waals surface area contributed by atoms with Gasteiger partial charge in [0.25, 0.3) is 0 Å². The molecular weight excluding hydrogens is 218 g/mol. The van der Waals surface area contributed by atoms with Crippen molar-refractivity contribution >= 4 is 5.82 Å². The molecule has 0 aromatic carbocycles. The molecule has 0 bridgehead atoms. The molecule has 1 saturated heterocycles. The molecular formula is C12H15N3O2. The van der Waals surface area contributed by atoms with E-state index in [0.29, 0.717) is 13.2 Å². The van der Waals surface area contributed by atoms with E-state index >= 15 is 0 Å². The minimum atomic E-state index is -0.506. The van der Waals surface area contributed by atoms with E-state index in [2.05, 4.69) is 11.1 Å². The number of ether oxygens (including phenoxy) is 1. The second kappa shape index (κ2) is 5.13. The standard InChI is InChI=1S/C12H15N3O2/c1-9(16)10-2-3-12(14-7-10)15-4-5-17-11(6-13)8-15/h2-3,7,9,11,16H,4-5,8H2,1H3. The van der Waals surface area contributed by atoms with E-state index in [9.17, 15) is 5.11 Å². The highest BCUT2D eigenvalue weighted by atomic mass is 16.5. The summed E-state index contributed by atoms with van der Waals surface area (Å²) in [5.41, 5.74) is 0.791. The molecule has 1 fully saturated rings. The van der Waals surface area contributed by atoms with Gasteiger partial charge in [0.1, 0.15) is 5.82 Å². The van der Waals surface area contributed by atoms with Crippen LogP contribution in [-0.4, -0.2) is 35.9 Å². The Kier molecular flexibility index (Phi) is 3.57. The molecule has 2 heterocycles. The smallest absolute Gasteiger partial charge is 0.161 e. The molecule has 1 N–H and O–H groups in total. The van der Waals surface area contributed by atoms with Crippen molar-refractivity contribution in [3.63, 3.8) is 0 Å². The second-order valence-electron chi connectivity index (χ2n) is 4.06. The first-order chi connectivity index (χ1) is 8.20. The Morgan fingerprint density at radius 1 is 1.65 bits per heavy atom. The van der Waals surface area contributed by atoms with Crippen LogP contribution in [0, 0.1) is 11.3 Å². The number of nitrogens with zero attached hydrogens (tertiary/aromatic N) is 3. The van der Waals surface area contributed by atoms with Gasteiger partial charge in [-0.3, -0.25) is 0 Å². The SMILES string of the molecule is CC(O)c1ccc(N2CCOC(C#N)C2)nc1. The number of pyridine rings is 1. The van der Waals surface area contributed by atoms with E-state index in [4.69, 9.17) is 10.00 Å².